The lowest BCUT2D eigenvalue weighted by molar-refractivity contribution is 0.0779. The monoisotopic (exact) mass is 273 g/mol. The Morgan fingerprint density at radius 2 is 1.90 bits per heavy atom. The number of likely N-dealkylation sites (tertiary alicyclic amines) is 1. The maximum Gasteiger partial charge on any atom is 0.253 e. The summed E-state index contributed by atoms with van der Waals surface area (Å²) in [5, 5.41) is 0. The lowest BCUT2D eigenvalue weighted by Gasteiger charge is -2.19. The average molecular weight is 273 g/mol. The van der Waals surface area contributed by atoms with Gasteiger partial charge in [0.05, 0.1) is 0 Å². The molecule has 3 atom stereocenters. The van der Waals surface area contributed by atoms with Crippen LogP contribution in [0.15, 0.2) is 24.3 Å². The van der Waals surface area contributed by atoms with Crippen molar-refractivity contribution in [2.45, 2.75) is 18.9 Å². The molecular weight excluding hydrogens is 254 g/mol. The fraction of sp³-hybridized carbons (Fsp3) is 0.467. The van der Waals surface area contributed by atoms with Gasteiger partial charge in [0.2, 0.25) is 5.91 Å². The third-order valence-corrected chi connectivity index (χ3v) is 4.59. The molecule has 1 aliphatic heterocycles. The Hall–Kier alpha value is -1.88. The highest BCUT2D eigenvalue weighted by Crippen LogP contribution is 2.37. The Balaban J connectivity index is 1.77. The largest absolute Gasteiger partial charge is 0.366 e. The van der Waals surface area contributed by atoms with E-state index in [1.165, 1.54) is 0 Å². The maximum absolute atomic E-state index is 12.5. The molecule has 106 valence electrons. The molecule has 4 N–H and O–H groups in total. The van der Waals surface area contributed by atoms with Crippen LogP contribution in [0.4, 0.5) is 0 Å². The molecule has 1 aromatic rings. The SMILES string of the molecule is NC(=O)c1cccc(C(=O)N2CC3CCC(N)C3C2)c1. The van der Waals surface area contributed by atoms with Crippen LogP contribution >= 0.6 is 0 Å². The van der Waals surface area contributed by atoms with Gasteiger partial charge >= 0.3 is 0 Å². The average Bonchev–Trinajstić information content (AvgIpc) is 3.01. The van der Waals surface area contributed by atoms with E-state index in [0.717, 1.165) is 25.9 Å². The summed E-state index contributed by atoms with van der Waals surface area (Å²) < 4.78 is 0. The molecule has 3 rings (SSSR count). The van der Waals surface area contributed by atoms with Gasteiger partial charge in [-0.15, -0.1) is 0 Å². The molecule has 0 bridgehead atoms. The van der Waals surface area contributed by atoms with Gasteiger partial charge in [0.15, 0.2) is 0 Å². The molecular formula is C15H19N3O2. The first-order chi connectivity index (χ1) is 9.56. The van der Waals surface area contributed by atoms with Gasteiger partial charge in [-0.1, -0.05) is 6.07 Å². The minimum absolute atomic E-state index is 0.0327. The number of hydrogen-bond acceptors (Lipinski definition) is 3. The minimum atomic E-state index is -0.514. The van der Waals surface area contributed by atoms with E-state index >= 15 is 0 Å². The Morgan fingerprint density at radius 3 is 2.60 bits per heavy atom. The van der Waals surface area contributed by atoms with Crippen molar-refractivity contribution in [2.75, 3.05) is 13.1 Å². The molecule has 0 radical (unpaired) electrons. The van der Waals surface area contributed by atoms with Crippen LogP contribution in [0.25, 0.3) is 0 Å². The lowest BCUT2D eigenvalue weighted by Crippen LogP contribution is -2.33. The van der Waals surface area contributed by atoms with Crippen molar-refractivity contribution in [3.05, 3.63) is 35.4 Å². The maximum atomic E-state index is 12.5. The van der Waals surface area contributed by atoms with Crippen molar-refractivity contribution in [1.29, 1.82) is 0 Å². The molecule has 1 aromatic carbocycles. The number of nitrogens with two attached hydrogens (primary N) is 2. The Bertz CT molecular complexity index is 558. The molecule has 5 heteroatoms. The normalized spacial score (nSPS) is 28.4. The van der Waals surface area contributed by atoms with Crippen molar-refractivity contribution >= 4 is 11.8 Å². The van der Waals surface area contributed by atoms with Gasteiger partial charge in [-0.05, 0) is 42.9 Å². The molecule has 1 heterocycles. The predicted molar refractivity (Wildman–Crippen MR) is 75.1 cm³/mol. The van der Waals surface area contributed by atoms with Crippen LogP contribution in [0.2, 0.25) is 0 Å². The quantitative estimate of drug-likeness (QED) is 0.826. The van der Waals surface area contributed by atoms with E-state index in [2.05, 4.69) is 0 Å². The second-order valence-electron chi connectivity index (χ2n) is 5.82. The minimum Gasteiger partial charge on any atom is -0.366 e. The number of carbonyl (C=O) groups is 2. The van der Waals surface area contributed by atoms with E-state index in [-0.39, 0.29) is 11.9 Å². The molecule has 2 amide bonds. The van der Waals surface area contributed by atoms with Crippen LogP contribution in [0.5, 0.6) is 0 Å². The number of amides is 2. The Kier molecular flexibility index (Phi) is 3.22. The molecule has 2 aliphatic rings. The third kappa shape index (κ3) is 2.18. The van der Waals surface area contributed by atoms with E-state index in [4.69, 9.17) is 11.5 Å². The molecule has 5 nitrogen and oxygen atoms in total. The number of nitrogens with zero attached hydrogens (tertiary/aromatic N) is 1. The summed E-state index contributed by atoms with van der Waals surface area (Å²) >= 11 is 0. The zero-order valence-electron chi connectivity index (χ0n) is 11.3. The summed E-state index contributed by atoms with van der Waals surface area (Å²) in [6.45, 7) is 1.50. The van der Waals surface area contributed by atoms with Gasteiger partial charge in [-0.2, -0.15) is 0 Å². The van der Waals surface area contributed by atoms with Gasteiger partial charge in [0, 0.05) is 30.3 Å². The van der Waals surface area contributed by atoms with Crippen molar-refractivity contribution in [2.24, 2.45) is 23.3 Å². The second kappa shape index (κ2) is 4.90. The molecule has 1 aliphatic carbocycles. The first-order valence-corrected chi connectivity index (χ1v) is 7.01. The smallest absolute Gasteiger partial charge is 0.253 e. The van der Waals surface area contributed by atoms with Crippen molar-refractivity contribution in [3.63, 3.8) is 0 Å². The van der Waals surface area contributed by atoms with E-state index in [0.29, 0.717) is 23.0 Å². The van der Waals surface area contributed by atoms with Crippen LogP contribution in [0.1, 0.15) is 33.6 Å². The predicted octanol–water partition coefficient (Wildman–Crippen LogP) is 0.595. The van der Waals surface area contributed by atoms with Gasteiger partial charge < -0.3 is 16.4 Å². The fourth-order valence-electron chi connectivity index (χ4n) is 3.46. The molecule has 2 fully saturated rings. The molecule has 1 saturated carbocycles. The summed E-state index contributed by atoms with van der Waals surface area (Å²) in [7, 11) is 0. The van der Waals surface area contributed by atoms with Crippen molar-refractivity contribution in [3.8, 4) is 0 Å². The number of primary amides is 1. The molecule has 20 heavy (non-hydrogen) atoms. The summed E-state index contributed by atoms with van der Waals surface area (Å²) in [6.07, 6.45) is 2.17. The molecule has 3 unspecified atom stereocenters. The van der Waals surface area contributed by atoms with Crippen LogP contribution in [-0.2, 0) is 0 Å². The zero-order chi connectivity index (χ0) is 14.3. The Morgan fingerprint density at radius 1 is 1.15 bits per heavy atom. The summed E-state index contributed by atoms with van der Waals surface area (Å²) in [5.74, 6) is 0.418. The highest BCUT2D eigenvalue weighted by Gasteiger charge is 2.42. The number of hydrogen-bond donors (Lipinski definition) is 2. The number of rotatable bonds is 2. The van der Waals surface area contributed by atoms with Crippen LogP contribution in [-0.4, -0.2) is 35.8 Å². The van der Waals surface area contributed by atoms with Gasteiger partial charge in [0.1, 0.15) is 0 Å². The zero-order valence-corrected chi connectivity index (χ0v) is 11.3. The summed E-state index contributed by atoms with van der Waals surface area (Å²) in [5.41, 5.74) is 12.2. The van der Waals surface area contributed by atoms with Gasteiger partial charge in [0.25, 0.3) is 5.91 Å². The van der Waals surface area contributed by atoms with Crippen molar-refractivity contribution in [1.82, 2.24) is 4.90 Å². The number of benzene rings is 1. The van der Waals surface area contributed by atoms with E-state index < -0.39 is 5.91 Å². The fourth-order valence-corrected chi connectivity index (χ4v) is 3.46. The Labute approximate surface area is 117 Å². The van der Waals surface area contributed by atoms with Crippen LogP contribution in [0.3, 0.4) is 0 Å². The summed E-state index contributed by atoms with van der Waals surface area (Å²) in [6, 6.07) is 6.82. The molecule has 0 spiro atoms. The van der Waals surface area contributed by atoms with Crippen LogP contribution < -0.4 is 11.5 Å². The van der Waals surface area contributed by atoms with E-state index in [1.807, 2.05) is 4.90 Å². The van der Waals surface area contributed by atoms with E-state index in [1.54, 1.807) is 24.3 Å². The first kappa shape index (κ1) is 13.1. The standard InChI is InChI=1S/C15H19N3O2/c16-13-5-4-11-7-18(8-12(11)13)15(20)10-3-1-2-9(6-10)14(17)19/h1-3,6,11-13H,4-5,7-8,16H2,(H2,17,19). The molecule has 0 aromatic heterocycles. The lowest BCUT2D eigenvalue weighted by atomic mass is 9.98. The van der Waals surface area contributed by atoms with Gasteiger partial charge in [-0.25, -0.2) is 0 Å². The van der Waals surface area contributed by atoms with Gasteiger partial charge in [-0.3, -0.25) is 9.59 Å². The second-order valence-corrected chi connectivity index (χ2v) is 5.82. The highest BCUT2D eigenvalue weighted by atomic mass is 16.2. The topological polar surface area (TPSA) is 89.4 Å². The number of fused-ring (bicyclic) bond motifs is 1. The summed E-state index contributed by atoms with van der Waals surface area (Å²) in [4.78, 5) is 25.5. The highest BCUT2D eigenvalue weighted by molar-refractivity contribution is 5.99. The van der Waals surface area contributed by atoms with Crippen molar-refractivity contribution < 1.29 is 9.59 Å². The van der Waals surface area contributed by atoms with Crippen LogP contribution in [0, 0.1) is 11.8 Å². The molecule has 1 saturated heterocycles. The third-order valence-electron chi connectivity index (χ3n) is 4.59. The number of carbonyl (C=O) groups excluding carboxylic acids is 2. The first-order valence-electron chi connectivity index (χ1n) is 7.01. The van der Waals surface area contributed by atoms with E-state index in [9.17, 15) is 9.59 Å².